The van der Waals surface area contributed by atoms with Gasteiger partial charge in [0.15, 0.2) is 0 Å². The third kappa shape index (κ3) is 3.93. The fraction of sp³-hybridized carbons (Fsp3) is 1.00. The fourth-order valence-corrected chi connectivity index (χ4v) is 3.88. The maximum atomic E-state index is 6.32. The van der Waals surface area contributed by atoms with Crippen LogP contribution in [0, 0.1) is 17.8 Å². The molecule has 1 saturated heterocycles. The lowest BCUT2D eigenvalue weighted by molar-refractivity contribution is 0.0949. The molecular formula is C16H31N3. The molecule has 3 atom stereocenters. The van der Waals surface area contributed by atoms with Gasteiger partial charge in [-0.05, 0) is 49.9 Å². The average molecular weight is 265 g/mol. The van der Waals surface area contributed by atoms with Gasteiger partial charge >= 0.3 is 0 Å². The molecule has 3 fully saturated rings. The monoisotopic (exact) mass is 265 g/mol. The molecule has 0 spiro atoms. The lowest BCUT2D eigenvalue weighted by atomic mass is 9.79. The van der Waals surface area contributed by atoms with E-state index in [4.69, 9.17) is 5.73 Å². The molecule has 0 amide bonds. The minimum atomic E-state index is 0.459. The predicted molar refractivity (Wildman–Crippen MR) is 80.1 cm³/mol. The number of nitrogens with two attached hydrogens (primary N) is 1. The Bertz CT molecular complexity index is 282. The van der Waals surface area contributed by atoms with Crippen LogP contribution in [0.5, 0.6) is 0 Å². The van der Waals surface area contributed by atoms with Gasteiger partial charge in [-0.2, -0.15) is 0 Å². The highest BCUT2D eigenvalue weighted by atomic mass is 15.3. The van der Waals surface area contributed by atoms with Gasteiger partial charge in [-0.25, -0.2) is 0 Å². The first-order valence-corrected chi connectivity index (χ1v) is 8.41. The summed E-state index contributed by atoms with van der Waals surface area (Å²) in [5.74, 6) is 2.68. The van der Waals surface area contributed by atoms with Crippen LogP contribution in [0.15, 0.2) is 0 Å². The second kappa shape index (κ2) is 6.11. The fourth-order valence-electron chi connectivity index (χ4n) is 3.88. The zero-order chi connectivity index (χ0) is 13.2. The molecule has 3 rings (SSSR count). The molecule has 0 bridgehead atoms. The molecule has 2 aliphatic carbocycles. The molecule has 1 heterocycles. The Hall–Kier alpha value is -0.120. The largest absolute Gasteiger partial charge is 0.327 e. The lowest BCUT2D eigenvalue weighted by Gasteiger charge is -2.40. The van der Waals surface area contributed by atoms with E-state index in [0.717, 1.165) is 17.8 Å². The first kappa shape index (κ1) is 13.8. The van der Waals surface area contributed by atoms with Gasteiger partial charge in [0.25, 0.3) is 0 Å². The predicted octanol–water partition coefficient (Wildman–Crippen LogP) is 1.78. The smallest absolute Gasteiger partial charge is 0.0110 e. The number of rotatable bonds is 4. The zero-order valence-electron chi connectivity index (χ0n) is 12.6. The normalized spacial score (nSPS) is 38.5. The van der Waals surface area contributed by atoms with Crippen LogP contribution in [0.25, 0.3) is 0 Å². The van der Waals surface area contributed by atoms with Crippen LogP contribution in [0.4, 0.5) is 0 Å². The summed E-state index contributed by atoms with van der Waals surface area (Å²) < 4.78 is 0. The van der Waals surface area contributed by atoms with Crippen molar-refractivity contribution < 1.29 is 0 Å². The molecule has 1 aliphatic heterocycles. The maximum absolute atomic E-state index is 6.32. The van der Waals surface area contributed by atoms with E-state index < -0.39 is 0 Å². The van der Waals surface area contributed by atoms with Crippen molar-refractivity contribution in [1.82, 2.24) is 9.80 Å². The third-order valence-corrected chi connectivity index (χ3v) is 5.47. The summed E-state index contributed by atoms with van der Waals surface area (Å²) >= 11 is 0. The molecule has 19 heavy (non-hydrogen) atoms. The highest BCUT2D eigenvalue weighted by molar-refractivity contribution is 4.85. The van der Waals surface area contributed by atoms with E-state index in [9.17, 15) is 0 Å². The number of hydrogen-bond donors (Lipinski definition) is 1. The molecule has 3 nitrogen and oxygen atoms in total. The van der Waals surface area contributed by atoms with Crippen LogP contribution in [0.1, 0.15) is 39.0 Å². The Balaban J connectivity index is 1.40. The molecule has 2 N–H and O–H groups in total. The van der Waals surface area contributed by atoms with Crippen molar-refractivity contribution in [3.63, 3.8) is 0 Å². The van der Waals surface area contributed by atoms with Crippen LogP contribution in [-0.2, 0) is 0 Å². The van der Waals surface area contributed by atoms with Crippen LogP contribution in [-0.4, -0.2) is 55.1 Å². The Morgan fingerprint density at radius 3 is 2.16 bits per heavy atom. The van der Waals surface area contributed by atoms with Gasteiger partial charge in [-0.1, -0.05) is 6.92 Å². The van der Waals surface area contributed by atoms with Gasteiger partial charge < -0.3 is 15.5 Å². The standard InChI is InChI=1S/C16H31N3/c1-13-2-5-16(17)15(10-13)12-19-8-6-18(7-9-19)11-14-3-4-14/h13-16H,2-12,17H2,1H3. The van der Waals surface area contributed by atoms with Gasteiger partial charge in [0, 0.05) is 45.3 Å². The summed E-state index contributed by atoms with van der Waals surface area (Å²) in [6.07, 6.45) is 6.90. The van der Waals surface area contributed by atoms with E-state index in [0.29, 0.717) is 6.04 Å². The van der Waals surface area contributed by atoms with E-state index in [1.165, 1.54) is 71.4 Å². The Morgan fingerprint density at radius 2 is 1.53 bits per heavy atom. The highest BCUT2D eigenvalue weighted by Gasteiger charge is 2.30. The van der Waals surface area contributed by atoms with Gasteiger partial charge in [-0.3, -0.25) is 0 Å². The summed E-state index contributed by atoms with van der Waals surface area (Å²) in [6, 6.07) is 0.459. The zero-order valence-corrected chi connectivity index (χ0v) is 12.6. The van der Waals surface area contributed by atoms with Crippen LogP contribution in [0.2, 0.25) is 0 Å². The van der Waals surface area contributed by atoms with Crippen molar-refractivity contribution in [3.8, 4) is 0 Å². The van der Waals surface area contributed by atoms with E-state index in [1.54, 1.807) is 0 Å². The Morgan fingerprint density at radius 1 is 0.895 bits per heavy atom. The second-order valence-electron chi connectivity index (χ2n) is 7.39. The van der Waals surface area contributed by atoms with Crippen molar-refractivity contribution in [1.29, 1.82) is 0 Å². The summed E-state index contributed by atoms with van der Waals surface area (Å²) in [5.41, 5.74) is 6.32. The summed E-state index contributed by atoms with van der Waals surface area (Å²) in [7, 11) is 0. The van der Waals surface area contributed by atoms with E-state index in [1.807, 2.05) is 0 Å². The first-order chi connectivity index (χ1) is 9.20. The van der Waals surface area contributed by atoms with E-state index in [-0.39, 0.29) is 0 Å². The van der Waals surface area contributed by atoms with Crippen molar-refractivity contribution in [3.05, 3.63) is 0 Å². The molecule has 0 aromatic heterocycles. The molecule has 3 aliphatic rings. The van der Waals surface area contributed by atoms with Gasteiger partial charge in [0.2, 0.25) is 0 Å². The average Bonchev–Trinajstić information content (AvgIpc) is 3.20. The van der Waals surface area contributed by atoms with Crippen molar-refractivity contribution in [2.45, 2.75) is 45.1 Å². The van der Waals surface area contributed by atoms with Crippen LogP contribution in [0.3, 0.4) is 0 Å². The van der Waals surface area contributed by atoms with Crippen LogP contribution < -0.4 is 5.73 Å². The van der Waals surface area contributed by atoms with Gasteiger partial charge in [0.05, 0.1) is 0 Å². The Labute approximate surface area is 118 Å². The quantitative estimate of drug-likeness (QED) is 0.841. The maximum Gasteiger partial charge on any atom is 0.0110 e. The molecule has 0 aromatic carbocycles. The minimum Gasteiger partial charge on any atom is -0.327 e. The SMILES string of the molecule is CC1CCC(N)C(CN2CCN(CC3CC3)CC2)C1. The molecule has 0 radical (unpaired) electrons. The number of nitrogens with zero attached hydrogens (tertiary/aromatic N) is 2. The molecule has 3 unspecified atom stereocenters. The van der Waals surface area contributed by atoms with Crippen LogP contribution >= 0.6 is 0 Å². The lowest BCUT2D eigenvalue weighted by Crippen LogP contribution is -2.50. The summed E-state index contributed by atoms with van der Waals surface area (Å²) in [4.78, 5) is 5.35. The molecule has 0 aromatic rings. The second-order valence-corrected chi connectivity index (χ2v) is 7.39. The van der Waals surface area contributed by atoms with Crippen molar-refractivity contribution >= 4 is 0 Å². The Kier molecular flexibility index (Phi) is 4.45. The summed E-state index contributed by atoms with van der Waals surface area (Å²) in [6.45, 7) is 10.1. The van der Waals surface area contributed by atoms with Gasteiger partial charge in [-0.15, -0.1) is 0 Å². The molecule has 110 valence electrons. The highest BCUT2D eigenvalue weighted by Crippen LogP contribution is 2.31. The van der Waals surface area contributed by atoms with Crippen molar-refractivity contribution in [2.24, 2.45) is 23.5 Å². The molecule has 2 saturated carbocycles. The first-order valence-electron chi connectivity index (χ1n) is 8.41. The van der Waals surface area contributed by atoms with Gasteiger partial charge in [0.1, 0.15) is 0 Å². The van der Waals surface area contributed by atoms with Crippen molar-refractivity contribution in [2.75, 3.05) is 39.3 Å². The number of piperazine rings is 1. The molecule has 3 heteroatoms. The summed E-state index contributed by atoms with van der Waals surface area (Å²) in [5, 5.41) is 0. The topological polar surface area (TPSA) is 32.5 Å². The molecular weight excluding hydrogens is 234 g/mol. The number of hydrogen-bond acceptors (Lipinski definition) is 3. The van der Waals surface area contributed by atoms with E-state index in [2.05, 4.69) is 16.7 Å². The minimum absolute atomic E-state index is 0.459. The van der Waals surface area contributed by atoms with E-state index >= 15 is 0 Å². The third-order valence-electron chi connectivity index (χ3n) is 5.47.